The van der Waals surface area contributed by atoms with Gasteiger partial charge >= 0.3 is 0 Å². The van der Waals surface area contributed by atoms with Gasteiger partial charge in [-0.3, -0.25) is 4.79 Å². The van der Waals surface area contributed by atoms with E-state index in [0.29, 0.717) is 10.6 Å². The first kappa shape index (κ1) is 14.4. The zero-order chi connectivity index (χ0) is 14.1. The molecule has 3 rings (SSSR count). The van der Waals surface area contributed by atoms with E-state index < -0.39 is 0 Å². The molecule has 3 nitrogen and oxygen atoms in total. The summed E-state index contributed by atoms with van der Waals surface area (Å²) < 4.78 is 0.871. The van der Waals surface area contributed by atoms with Crippen LogP contribution in [0.15, 0.2) is 22.7 Å². The maximum absolute atomic E-state index is 12.3. The van der Waals surface area contributed by atoms with Gasteiger partial charge in [0.1, 0.15) is 0 Å². The van der Waals surface area contributed by atoms with Crippen LogP contribution in [-0.2, 0) is 0 Å². The van der Waals surface area contributed by atoms with E-state index in [2.05, 4.69) is 26.1 Å². The Kier molecular flexibility index (Phi) is 4.34. The molecule has 1 amide bonds. The number of halogens is 2. The zero-order valence-corrected chi connectivity index (χ0v) is 13.6. The van der Waals surface area contributed by atoms with Crippen molar-refractivity contribution in [3.8, 4) is 0 Å². The van der Waals surface area contributed by atoms with Crippen molar-refractivity contribution in [2.45, 2.75) is 37.8 Å². The lowest BCUT2D eigenvalue weighted by Crippen LogP contribution is -2.45. The van der Waals surface area contributed by atoms with Gasteiger partial charge < -0.3 is 10.2 Å². The number of benzene rings is 1. The Hall–Kier alpha value is -0.580. The van der Waals surface area contributed by atoms with Gasteiger partial charge in [-0.15, -0.1) is 0 Å². The molecule has 2 fully saturated rings. The SMILES string of the molecule is O=C(NC1CCN(C2CC2)CC1)c1cc(Br)ccc1Cl. The first-order valence-electron chi connectivity index (χ1n) is 7.13. The van der Waals surface area contributed by atoms with Gasteiger partial charge in [0.2, 0.25) is 0 Å². The number of carbonyl (C=O) groups excluding carboxylic acids is 1. The van der Waals surface area contributed by atoms with Crippen LogP contribution in [-0.4, -0.2) is 36.0 Å². The summed E-state index contributed by atoms with van der Waals surface area (Å²) in [5, 5.41) is 3.61. The molecule has 108 valence electrons. The van der Waals surface area contributed by atoms with Crippen LogP contribution in [0.25, 0.3) is 0 Å². The van der Waals surface area contributed by atoms with E-state index in [9.17, 15) is 4.79 Å². The summed E-state index contributed by atoms with van der Waals surface area (Å²) in [6, 6.07) is 6.46. The molecule has 1 aromatic rings. The molecule has 0 unspecified atom stereocenters. The third kappa shape index (κ3) is 3.35. The van der Waals surface area contributed by atoms with Crippen molar-refractivity contribution < 1.29 is 4.79 Å². The molecule has 1 heterocycles. The zero-order valence-electron chi connectivity index (χ0n) is 11.2. The van der Waals surface area contributed by atoms with E-state index in [1.165, 1.54) is 12.8 Å². The molecule has 1 saturated carbocycles. The molecule has 5 heteroatoms. The van der Waals surface area contributed by atoms with Crippen molar-refractivity contribution in [2.24, 2.45) is 0 Å². The van der Waals surface area contributed by atoms with Crippen molar-refractivity contribution in [2.75, 3.05) is 13.1 Å². The van der Waals surface area contributed by atoms with E-state index in [-0.39, 0.29) is 11.9 Å². The molecule has 1 aliphatic heterocycles. The Morgan fingerprint density at radius 1 is 1.25 bits per heavy atom. The molecule has 2 aliphatic rings. The number of likely N-dealkylation sites (tertiary alicyclic amines) is 1. The third-order valence-electron chi connectivity index (χ3n) is 4.10. The van der Waals surface area contributed by atoms with Crippen LogP contribution in [0, 0.1) is 0 Å². The quantitative estimate of drug-likeness (QED) is 0.898. The molecule has 1 aliphatic carbocycles. The summed E-state index contributed by atoms with van der Waals surface area (Å²) >= 11 is 9.47. The summed E-state index contributed by atoms with van der Waals surface area (Å²) in [5.41, 5.74) is 0.547. The van der Waals surface area contributed by atoms with Gasteiger partial charge in [-0.25, -0.2) is 0 Å². The second-order valence-corrected chi connectivity index (χ2v) is 6.96. The molecule has 0 spiro atoms. The summed E-state index contributed by atoms with van der Waals surface area (Å²) in [6.07, 6.45) is 4.77. The van der Waals surface area contributed by atoms with Crippen LogP contribution >= 0.6 is 27.5 Å². The molecule has 20 heavy (non-hydrogen) atoms. The topological polar surface area (TPSA) is 32.3 Å². The van der Waals surface area contributed by atoms with Crippen LogP contribution in [0.2, 0.25) is 5.02 Å². The largest absolute Gasteiger partial charge is 0.349 e. The maximum Gasteiger partial charge on any atom is 0.253 e. The minimum absolute atomic E-state index is 0.0684. The van der Waals surface area contributed by atoms with Crippen molar-refractivity contribution in [3.05, 3.63) is 33.3 Å². The third-order valence-corrected chi connectivity index (χ3v) is 4.92. The molecular formula is C15H18BrClN2O. The lowest BCUT2D eigenvalue weighted by Gasteiger charge is -2.32. The summed E-state index contributed by atoms with van der Waals surface area (Å²) in [5.74, 6) is -0.0684. The Labute approximate surface area is 132 Å². The van der Waals surface area contributed by atoms with Crippen LogP contribution in [0.4, 0.5) is 0 Å². The van der Waals surface area contributed by atoms with E-state index in [1.54, 1.807) is 12.1 Å². The molecule has 1 N–H and O–H groups in total. The molecule has 0 bridgehead atoms. The number of hydrogen-bond acceptors (Lipinski definition) is 2. The predicted octanol–water partition coefficient (Wildman–Crippen LogP) is 3.46. The van der Waals surface area contributed by atoms with Crippen molar-refractivity contribution in [1.82, 2.24) is 10.2 Å². The fourth-order valence-corrected chi connectivity index (χ4v) is 3.35. The number of nitrogens with one attached hydrogen (secondary N) is 1. The highest BCUT2D eigenvalue weighted by Crippen LogP contribution is 2.29. The number of piperidine rings is 1. The fraction of sp³-hybridized carbons (Fsp3) is 0.533. The number of nitrogens with zero attached hydrogens (tertiary/aromatic N) is 1. The monoisotopic (exact) mass is 356 g/mol. The van der Waals surface area contributed by atoms with Gasteiger partial charge in [-0.1, -0.05) is 27.5 Å². The molecular weight excluding hydrogens is 340 g/mol. The Morgan fingerprint density at radius 2 is 1.95 bits per heavy atom. The van der Waals surface area contributed by atoms with Crippen LogP contribution in [0.5, 0.6) is 0 Å². The van der Waals surface area contributed by atoms with E-state index >= 15 is 0 Å². The van der Waals surface area contributed by atoms with Crippen molar-refractivity contribution in [3.63, 3.8) is 0 Å². The van der Waals surface area contributed by atoms with Crippen LogP contribution in [0.3, 0.4) is 0 Å². The van der Waals surface area contributed by atoms with Crippen molar-refractivity contribution >= 4 is 33.4 Å². The Morgan fingerprint density at radius 3 is 2.60 bits per heavy atom. The van der Waals surface area contributed by atoms with Gasteiger partial charge in [0.05, 0.1) is 10.6 Å². The lowest BCUT2D eigenvalue weighted by atomic mass is 10.0. The highest BCUT2D eigenvalue weighted by atomic mass is 79.9. The standard InChI is InChI=1S/C15H18BrClN2O/c16-10-1-4-14(17)13(9-10)15(20)18-11-5-7-19(8-6-11)12-2-3-12/h1,4,9,11-12H,2-3,5-8H2,(H,18,20). The normalized spacial score (nSPS) is 20.9. The minimum atomic E-state index is -0.0684. The number of carbonyl (C=O) groups is 1. The Bertz CT molecular complexity index is 511. The average Bonchev–Trinajstić information content (AvgIpc) is 3.27. The van der Waals surface area contributed by atoms with Gasteiger partial charge in [0.15, 0.2) is 0 Å². The minimum Gasteiger partial charge on any atom is -0.349 e. The van der Waals surface area contributed by atoms with E-state index in [4.69, 9.17) is 11.6 Å². The van der Waals surface area contributed by atoms with Crippen LogP contribution in [0.1, 0.15) is 36.0 Å². The lowest BCUT2D eigenvalue weighted by molar-refractivity contribution is 0.0909. The van der Waals surface area contributed by atoms with Gasteiger partial charge in [0.25, 0.3) is 5.91 Å². The maximum atomic E-state index is 12.3. The summed E-state index contributed by atoms with van der Waals surface area (Å²) in [6.45, 7) is 2.20. The molecule has 0 atom stereocenters. The first-order chi connectivity index (χ1) is 9.63. The molecule has 0 radical (unpaired) electrons. The highest BCUT2D eigenvalue weighted by Gasteiger charge is 2.32. The van der Waals surface area contributed by atoms with Gasteiger partial charge in [-0.05, 0) is 43.9 Å². The van der Waals surface area contributed by atoms with Crippen molar-refractivity contribution in [1.29, 1.82) is 0 Å². The van der Waals surface area contributed by atoms with E-state index in [0.717, 1.165) is 36.4 Å². The smallest absolute Gasteiger partial charge is 0.253 e. The average molecular weight is 358 g/mol. The summed E-state index contributed by atoms with van der Waals surface area (Å²) in [4.78, 5) is 14.8. The summed E-state index contributed by atoms with van der Waals surface area (Å²) in [7, 11) is 0. The molecule has 0 aromatic heterocycles. The first-order valence-corrected chi connectivity index (χ1v) is 8.30. The van der Waals surface area contributed by atoms with E-state index in [1.807, 2.05) is 6.07 Å². The number of amides is 1. The highest BCUT2D eigenvalue weighted by molar-refractivity contribution is 9.10. The Balaban J connectivity index is 1.57. The van der Waals surface area contributed by atoms with Gasteiger partial charge in [0, 0.05) is 29.6 Å². The predicted molar refractivity (Wildman–Crippen MR) is 84.2 cm³/mol. The second kappa shape index (κ2) is 6.04. The number of rotatable bonds is 3. The van der Waals surface area contributed by atoms with Gasteiger partial charge in [-0.2, -0.15) is 0 Å². The molecule has 1 saturated heterocycles. The second-order valence-electron chi connectivity index (χ2n) is 5.64. The molecule has 1 aromatic carbocycles. The van der Waals surface area contributed by atoms with Crippen LogP contribution < -0.4 is 5.32 Å². The number of hydrogen-bond donors (Lipinski definition) is 1. The fourth-order valence-electron chi connectivity index (χ4n) is 2.78.